The Labute approximate surface area is 80.3 Å². The predicted molar refractivity (Wildman–Crippen MR) is 52.6 cm³/mol. The van der Waals surface area contributed by atoms with Gasteiger partial charge in [-0.2, -0.15) is 0 Å². The zero-order valence-electron chi connectivity index (χ0n) is 8.46. The van der Waals surface area contributed by atoms with Gasteiger partial charge in [-0.05, 0) is 24.7 Å². The normalized spacial score (nSPS) is 27.6. The van der Waals surface area contributed by atoms with E-state index in [2.05, 4.69) is 11.8 Å². The van der Waals surface area contributed by atoms with E-state index < -0.39 is 0 Å². The molecule has 0 amide bonds. The van der Waals surface area contributed by atoms with Crippen molar-refractivity contribution in [1.82, 2.24) is 4.90 Å². The molecule has 0 N–H and O–H groups in total. The predicted octanol–water partition coefficient (Wildman–Crippen LogP) is 1.70. The molecule has 1 saturated heterocycles. The van der Waals surface area contributed by atoms with Crippen molar-refractivity contribution in [3.8, 4) is 0 Å². The zero-order valence-corrected chi connectivity index (χ0v) is 8.46. The number of hydrogen-bond acceptors (Lipinski definition) is 2. The topological polar surface area (TPSA) is 20.3 Å². The largest absolute Gasteiger partial charge is 0.302 e. The van der Waals surface area contributed by atoms with Gasteiger partial charge in [-0.1, -0.05) is 6.92 Å². The maximum atomic E-state index is 11.0. The molecule has 1 aliphatic heterocycles. The van der Waals surface area contributed by atoms with Crippen molar-refractivity contribution in [2.45, 2.75) is 32.6 Å². The molecule has 0 aromatic carbocycles. The molecule has 0 radical (unpaired) electrons. The van der Waals surface area contributed by atoms with Gasteiger partial charge < -0.3 is 4.90 Å². The van der Waals surface area contributed by atoms with Crippen molar-refractivity contribution in [2.75, 3.05) is 19.6 Å². The number of ketones is 1. The van der Waals surface area contributed by atoms with Gasteiger partial charge in [-0.3, -0.25) is 4.79 Å². The summed E-state index contributed by atoms with van der Waals surface area (Å²) in [6.45, 7) is 5.60. The molecule has 2 aliphatic rings. The fraction of sp³-hybridized carbons (Fsp3) is 0.909. The molecule has 0 aromatic heterocycles. The Bertz CT molecular complexity index is 188. The van der Waals surface area contributed by atoms with E-state index in [0.717, 1.165) is 37.8 Å². The molecular formula is C11H19NO. The van der Waals surface area contributed by atoms with Crippen LogP contribution in [0, 0.1) is 11.8 Å². The van der Waals surface area contributed by atoms with Crippen LogP contribution in [0.3, 0.4) is 0 Å². The Balaban J connectivity index is 1.71. The summed E-state index contributed by atoms with van der Waals surface area (Å²) in [7, 11) is 0. The number of likely N-dealkylation sites (tertiary alicyclic amines) is 1. The lowest BCUT2D eigenvalue weighted by atomic mass is 10.0. The standard InChI is InChI=1S/C11H19NO/c1-9(10-2-3-10)8-12-6-4-11(13)5-7-12/h9-10H,2-8H2,1H3. The zero-order chi connectivity index (χ0) is 9.26. The Morgan fingerprint density at radius 3 is 2.54 bits per heavy atom. The van der Waals surface area contributed by atoms with Crippen LogP contribution in [0.4, 0.5) is 0 Å². The molecule has 0 bridgehead atoms. The molecule has 2 fully saturated rings. The van der Waals surface area contributed by atoms with E-state index in [1.807, 2.05) is 0 Å². The second-order valence-electron chi connectivity index (χ2n) is 4.65. The van der Waals surface area contributed by atoms with Crippen molar-refractivity contribution in [2.24, 2.45) is 11.8 Å². The maximum Gasteiger partial charge on any atom is 0.135 e. The van der Waals surface area contributed by atoms with Gasteiger partial charge in [-0.25, -0.2) is 0 Å². The third kappa shape index (κ3) is 2.53. The number of nitrogens with zero attached hydrogens (tertiary/aromatic N) is 1. The minimum atomic E-state index is 0.454. The van der Waals surface area contributed by atoms with Gasteiger partial charge in [0, 0.05) is 32.5 Å². The van der Waals surface area contributed by atoms with E-state index >= 15 is 0 Å². The van der Waals surface area contributed by atoms with Crippen LogP contribution in [0.5, 0.6) is 0 Å². The summed E-state index contributed by atoms with van der Waals surface area (Å²) in [6, 6.07) is 0. The molecule has 2 nitrogen and oxygen atoms in total. The Hall–Kier alpha value is -0.370. The fourth-order valence-corrected chi connectivity index (χ4v) is 2.21. The minimum absolute atomic E-state index is 0.454. The van der Waals surface area contributed by atoms with Gasteiger partial charge in [0.05, 0.1) is 0 Å². The van der Waals surface area contributed by atoms with E-state index in [1.54, 1.807) is 0 Å². The quantitative estimate of drug-likeness (QED) is 0.660. The van der Waals surface area contributed by atoms with Crippen LogP contribution in [0.1, 0.15) is 32.6 Å². The molecule has 1 unspecified atom stereocenters. The molecule has 1 saturated carbocycles. The lowest BCUT2D eigenvalue weighted by molar-refractivity contribution is -0.121. The second kappa shape index (κ2) is 3.79. The van der Waals surface area contributed by atoms with Crippen molar-refractivity contribution in [3.63, 3.8) is 0 Å². The molecule has 1 heterocycles. The first-order chi connectivity index (χ1) is 6.25. The van der Waals surface area contributed by atoms with E-state index in [9.17, 15) is 4.79 Å². The SMILES string of the molecule is CC(CN1CCC(=O)CC1)C1CC1. The van der Waals surface area contributed by atoms with Crippen LogP contribution in [0.25, 0.3) is 0 Å². The first kappa shape index (κ1) is 9.20. The van der Waals surface area contributed by atoms with Crippen LogP contribution in [0.15, 0.2) is 0 Å². The van der Waals surface area contributed by atoms with Gasteiger partial charge in [0.25, 0.3) is 0 Å². The summed E-state index contributed by atoms with van der Waals surface area (Å²) >= 11 is 0. The monoisotopic (exact) mass is 181 g/mol. The summed E-state index contributed by atoms with van der Waals surface area (Å²) in [5, 5.41) is 0. The smallest absolute Gasteiger partial charge is 0.135 e. The highest BCUT2D eigenvalue weighted by molar-refractivity contribution is 5.79. The molecule has 0 spiro atoms. The van der Waals surface area contributed by atoms with Crippen molar-refractivity contribution in [1.29, 1.82) is 0 Å². The molecule has 2 rings (SSSR count). The molecule has 1 aliphatic carbocycles. The van der Waals surface area contributed by atoms with Crippen LogP contribution < -0.4 is 0 Å². The van der Waals surface area contributed by atoms with Gasteiger partial charge >= 0.3 is 0 Å². The summed E-state index contributed by atoms with van der Waals surface area (Å²) in [5.41, 5.74) is 0. The Morgan fingerprint density at radius 2 is 2.00 bits per heavy atom. The molecule has 0 aromatic rings. The fourth-order valence-electron chi connectivity index (χ4n) is 2.21. The van der Waals surface area contributed by atoms with Crippen LogP contribution in [-0.4, -0.2) is 30.3 Å². The highest BCUT2D eigenvalue weighted by Crippen LogP contribution is 2.36. The number of hydrogen-bond donors (Lipinski definition) is 0. The van der Waals surface area contributed by atoms with E-state index in [1.165, 1.54) is 19.4 Å². The molecule has 2 heteroatoms. The minimum Gasteiger partial charge on any atom is -0.302 e. The first-order valence-corrected chi connectivity index (χ1v) is 5.50. The Kier molecular flexibility index (Phi) is 2.68. The third-order valence-corrected chi connectivity index (χ3v) is 3.39. The third-order valence-electron chi connectivity index (χ3n) is 3.39. The van der Waals surface area contributed by atoms with Gasteiger partial charge in [0.1, 0.15) is 5.78 Å². The molecule has 74 valence electrons. The van der Waals surface area contributed by atoms with Crippen LogP contribution >= 0.6 is 0 Å². The van der Waals surface area contributed by atoms with Crippen molar-refractivity contribution < 1.29 is 4.79 Å². The number of rotatable bonds is 3. The summed E-state index contributed by atoms with van der Waals surface area (Å²) in [6.07, 6.45) is 4.46. The average molecular weight is 181 g/mol. The Morgan fingerprint density at radius 1 is 1.38 bits per heavy atom. The average Bonchev–Trinajstić information content (AvgIpc) is 2.91. The van der Waals surface area contributed by atoms with Crippen molar-refractivity contribution in [3.05, 3.63) is 0 Å². The molecular weight excluding hydrogens is 162 g/mol. The van der Waals surface area contributed by atoms with Crippen LogP contribution in [-0.2, 0) is 4.79 Å². The first-order valence-electron chi connectivity index (χ1n) is 5.50. The summed E-state index contributed by atoms with van der Waals surface area (Å²) < 4.78 is 0. The lowest BCUT2D eigenvalue weighted by Crippen LogP contribution is -2.37. The molecule has 1 atom stereocenters. The summed E-state index contributed by atoms with van der Waals surface area (Å²) in [4.78, 5) is 13.5. The number of carbonyl (C=O) groups excluding carboxylic acids is 1. The lowest BCUT2D eigenvalue weighted by Gasteiger charge is -2.28. The van der Waals surface area contributed by atoms with E-state index in [4.69, 9.17) is 0 Å². The van der Waals surface area contributed by atoms with Gasteiger partial charge in [0.15, 0.2) is 0 Å². The second-order valence-corrected chi connectivity index (χ2v) is 4.65. The summed E-state index contributed by atoms with van der Waals surface area (Å²) in [5.74, 6) is 2.31. The van der Waals surface area contributed by atoms with Crippen molar-refractivity contribution >= 4 is 5.78 Å². The van der Waals surface area contributed by atoms with E-state index in [-0.39, 0.29) is 0 Å². The van der Waals surface area contributed by atoms with E-state index in [0.29, 0.717) is 5.78 Å². The number of piperidine rings is 1. The highest BCUT2D eigenvalue weighted by Gasteiger charge is 2.29. The van der Waals surface area contributed by atoms with Gasteiger partial charge in [0.2, 0.25) is 0 Å². The molecule has 13 heavy (non-hydrogen) atoms. The number of Topliss-reactive ketones (excluding diaryl/α,β-unsaturated/α-hetero) is 1. The van der Waals surface area contributed by atoms with Crippen LogP contribution in [0.2, 0.25) is 0 Å². The van der Waals surface area contributed by atoms with Gasteiger partial charge in [-0.15, -0.1) is 0 Å². The number of carbonyl (C=O) groups is 1. The highest BCUT2D eigenvalue weighted by atomic mass is 16.1. The maximum absolute atomic E-state index is 11.0.